The molecular weight excluding hydrogens is 314 g/mol. The van der Waals surface area contributed by atoms with Gasteiger partial charge in [0.1, 0.15) is 11.4 Å². The highest BCUT2D eigenvalue weighted by Crippen LogP contribution is 2.22. The zero-order chi connectivity index (χ0) is 17.8. The molecule has 3 aromatic rings. The predicted octanol–water partition coefficient (Wildman–Crippen LogP) is 3.73. The van der Waals surface area contributed by atoms with Gasteiger partial charge < -0.3 is 14.6 Å². The molecule has 0 aliphatic heterocycles. The van der Waals surface area contributed by atoms with Crippen molar-refractivity contribution in [1.29, 1.82) is 0 Å². The van der Waals surface area contributed by atoms with E-state index >= 15 is 0 Å². The van der Waals surface area contributed by atoms with Crippen LogP contribution in [0.2, 0.25) is 0 Å². The van der Waals surface area contributed by atoms with Crippen LogP contribution in [0.15, 0.2) is 48.5 Å². The summed E-state index contributed by atoms with van der Waals surface area (Å²) in [5.41, 5.74) is 4.12. The lowest BCUT2D eigenvalue weighted by Gasteiger charge is -2.12. The maximum Gasteiger partial charge on any atom is 0.341 e. The molecule has 0 saturated heterocycles. The number of aromatic amines is 1. The second kappa shape index (κ2) is 7.21. The van der Waals surface area contributed by atoms with Crippen molar-refractivity contribution in [3.63, 3.8) is 0 Å². The van der Waals surface area contributed by atoms with E-state index in [1.54, 1.807) is 13.0 Å². The second-order valence-electron chi connectivity index (χ2n) is 5.87. The molecule has 0 spiro atoms. The molecule has 0 unspecified atom stereocenters. The van der Waals surface area contributed by atoms with Crippen LogP contribution in [0.3, 0.4) is 0 Å². The van der Waals surface area contributed by atoms with Gasteiger partial charge in [-0.05, 0) is 42.8 Å². The van der Waals surface area contributed by atoms with Crippen molar-refractivity contribution in [2.45, 2.75) is 6.92 Å². The number of imidazole rings is 1. The van der Waals surface area contributed by atoms with Crippen LogP contribution in [-0.2, 0) is 9.53 Å². The van der Waals surface area contributed by atoms with Gasteiger partial charge in [0, 0.05) is 19.8 Å². The Kier molecular flexibility index (Phi) is 4.84. The van der Waals surface area contributed by atoms with Gasteiger partial charge in [-0.3, -0.25) is 0 Å². The van der Waals surface area contributed by atoms with Gasteiger partial charge in [0.05, 0.1) is 17.6 Å². The molecule has 25 heavy (non-hydrogen) atoms. The van der Waals surface area contributed by atoms with Crippen LogP contribution in [0.5, 0.6) is 0 Å². The minimum absolute atomic E-state index is 0.315. The Bertz CT molecular complexity index is 875. The van der Waals surface area contributed by atoms with Crippen molar-refractivity contribution >= 4 is 34.3 Å². The minimum Gasteiger partial charge on any atom is -0.462 e. The maximum absolute atomic E-state index is 12.4. The molecule has 128 valence electrons. The average Bonchev–Trinajstić information content (AvgIpc) is 3.04. The van der Waals surface area contributed by atoms with Crippen LogP contribution >= 0.6 is 0 Å². The molecule has 0 fully saturated rings. The highest BCUT2D eigenvalue weighted by atomic mass is 16.5. The quantitative estimate of drug-likeness (QED) is 0.570. The van der Waals surface area contributed by atoms with Crippen molar-refractivity contribution in [2.24, 2.45) is 0 Å². The number of fused-ring (bicyclic) bond motifs is 1. The summed E-state index contributed by atoms with van der Waals surface area (Å²) in [5.74, 6) is 0.120. The monoisotopic (exact) mass is 335 g/mol. The molecule has 0 radical (unpaired) electrons. The fraction of sp³-hybridized carbons (Fsp3) is 0.200. The van der Waals surface area contributed by atoms with E-state index in [-0.39, 0.29) is 0 Å². The molecule has 0 amide bonds. The molecule has 3 rings (SSSR count). The van der Waals surface area contributed by atoms with Crippen LogP contribution in [0.4, 0.5) is 5.69 Å². The Morgan fingerprint density at radius 1 is 1.16 bits per heavy atom. The van der Waals surface area contributed by atoms with E-state index in [0.717, 1.165) is 22.3 Å². The Morgan fingerprint density at radius 2 is 1.88 bits per heavy atom. The maximum atomic E-state index is 12.4. The van der Waals surface area contributed by atoms with Gasteiger partial charge in [-0.25, -0.2) is 9.78 Å². The topological polar surface area (TPSA) is 58.2 Å². The third kappa shape index (κ3) is 3.71. The summed E-state index contributed by atoms with van der Waals surface area (Å²) in [4.78, 5) is 22.2. The standard InChI is InChI=1S/C20H21N3O2/c1-4-25-20(24)16(13-14-9-11-15(12-10-14)23(2)3)19-21-17-7-5-6-8-18(17)22-19/h5-13H,4H2,1-3H3,(H,21,22)/b16-13-. The van der Waals surface area contributed by atoms with E-state index < -0.39 is 5.97 Å². The number of ether oxygens (including phenoxy) is 1. The summed E-state index contributed by atoms with van der Waals surface area (Å²) in [7, 11) is 3.98. The molecule has 5 heteroatoms. The summed E-state index contributed by atoms with van der Waals surface area (Å²) < 4.78 is 5.21. The van der Waals surface area contributed by atoms with Crippen molar-refractivity contribution in [2.75, 3.05) is 25.6 Å². The van der Waals surface area contributed by atoms with E-state index in [0.29, 0.717) is 18.0 Å². The zero-order valence-corrected chi connectivity index (χ0v) is 14.6. The van der Waals surface area contributed by atoms with Gasteiger partial charge in [0.2, 0.25) is 0 Å². The Hall–Kier alpha value is -3.08. The molecule has 0 aliphatic carbocycles. The van der Waals surface area contributed by atoms with Gasteiger partial charge in [0.15, 0.2) is 0 Å². The molecule has 1 aromatic heterocycles. The molecule has 2 aromatic carbocycles. The number of aromatic nitrogens is 2. The lowest BCUT2D eigenvalue weighted by molar-refractivity contribution is -0.136. The number of carbonyl (C=O) groups excluding carboxylic acids is 1. The van der Waals surface area contributed by atoms with E-state index in [1.807, 2.05) is 67.5 Å². The number of para-hydroxylation sites is 2. The summed E-state index contributed by atoms with van der Waals surface area (Å²) in [6.45, 7) is 2.11. The molecule has 0 aliphatic rings. The molecule has 0 bridgehead atoms. The lowest BCUT2D eigenvalue weighted by Crippen LogP contribution is -2.09. The summed E-state index contributed by atoms with van der Waals surface area (Å²) in [6, 6.07) is 15.6. The van der Waals surface area contributed by atoms with Crippen molar-refractivity contribution in [3.05, 3.63) is 59.9 Å². The average molecular weight is 335 g/mol. The first-order valence-electron chi connectivity index (χ1n) is 8.20. The first kappa shape index (κ1) is 16.8. The fourth-order valence-electron chi connectivity index (χ4n) is 2.55. The van der Waals surface area contributed by atoms with Gasteiger partial charge in [0.25, 0.3) is 0 Å². The van der Waals surface area contributed by atoms with Crippen LogP contribution in [0, 0.1) is 0 Å². The minimum atomic E-state index is -0.391. The first-order chi connectivity index (χ1) is 12.1. The number of nitrogens with one attached hydrogen (secondary N) is 1. The van der Waals surface area contributed by atoms with Crippen LogP contribution < -0.4 is 4.90 Å². The molecule has 1 heterocycles. The van der Waals surface area contributed by atoms with Crippen molar-refractivity contribution in [1.82, 2.24) is 9.97 Å². The third-order valence-electron chi connectivity index (χ3n) is 3.86. The molecule has 0 atom stereocenters. The van der Waals surface area contributed by atoms with E-state index in [9.17, 15) is 4.79 Å². The number of H-pyrrole nitrogens is 1. The normalized spacial score (nSPS) is 11.6. The van der Waals surface area contributed by atoms with E-state index in [1.165, 1.54) is 0 Å². The SMILES string of the molecule is CCOC(=O)/C(=C\c1ccc(N(C)C)cc1)c1nc2ccccc2[nH]1. The predicted molar refractivity (Wildman–Crippen MR) is 101 cm³/mol. The number of nitrogens with zero attached hydrogens (tertiary/aromatic N) is 2. The molecule has 1 N–H and O–H groups in total. The number of anilines is 1. The van der Waals surface area contributed by atoms with Crippen LogP contribution in [0.1, 0.15) is 18.3 Å². The summed E-state index contributed by atoms with van der Waals surface area (Å²) in [5, 5.41) is 0. The fourth-order valence-corrected chi connectivity index (χ4v) is 2.55. The Balaban J connectivity index is 2.03. The molecule has 5 nitrogen and oxygen atoms in total. The Morgan fingerprint density at radius 3 is 2.52 bits per heavy atom. The van der Waals surface area contributed by atoms with Crippen LogP contribution in [-0.4, -0.2) is 36.6 Å². The largest absolute Gasteiger partial charge is 0.462 e. The van der Waals surface area contributed by atoms with E-state index in [2.05, 4.69) is 9.97 Å². The number of esters is 1. The van der Waals surface area contributed by atoms with Gasteiger partial charge in [-0.1, -0.05) is 24.3 Å². The highest BCUT2D eigenvalue weighted by molar-refractivity contribution is 6.20. The van der Waals surface area contributed by atoms with Crippen molar-refractivity contribution in [3.8, 4) is 0 Å². The zero-order valence-electron chi connectivity index (χ0n) is 14.6. The lowest BCUT2D eigenvalue weighted by atomic mass is 10.1. The Labute approximate surface area is 146 Å². The van der Waals surface area contributed by atoms with Gasteiger partial charge >= 0.3 is 5.97 Å². The number of hydrogen-bond donors (Lipinski definition) is 1. The second-order valence-corrected chi connectivity index (χ2v) is 5.87. The smallest absolute Gasteiger partial charge is 0.341 e. The molecule has 0 saturated carbocycles. The van der Waals surface area contributed by atoms with Crippen molar-refractivity contribution < 1.29 is 9.53 Å². The summed E-state index contributed by atoms with van der Waals surface area (Å²) >= 11 is 0. The highest BCUT2D eigenvalue weighted by Gasteiger charge is 2.17. The van der Waals surface area contributed by atoms with Gasteiger partial charge in [-0.2, -0.15) is 0 Å². The number of carbonyl (C=O) groups is 1. The first-order valence-corrected chi connectivity index (χ1v) is 8.20. The van der Waals surface area contributed by atoms with Crippen LogP contribution in [0.25, 0.3) is 22.7 Å². The number of rotatable bonds is 5. The van der Waals surface area contributed by atoms with E-state index in [4.69, 9.17) is 4.74 Å². The molecular formula is C20H21N3O2. The third-order valence-corrected chi connectivity index (χ3v) is 3.86. The number of benzene rings is 2. The summed E-state index contributed by atoms with van der Waals surface area (Å²) in [6.07, 6.45) is 1.80. The number of hydrogen-bond acceptors (Lipinski definition) is 4. The van der Waals surface area contributed by atoms with Gasteiger partial charge in [-0.15, -0.1) is 0 Å².